The minimum atomic E-state index is 0.266. The third-order valence-corrected chi connectivity index (χ3v) is 4.82. The molecule has 1 aromatic carbocycles. The summed E-state index contributed by atoms with van der Waals surface area (Å²) in [5.74, 6) is 1.11. The Morgan fingerprint density at radius 3 is 2.72 bits per heavy atom. The normalized spacial score (nSPS) is 17.5. The summed E-state index contributed by atoms with van der Waals surface area (Å²) in [5.41, 5.74) is 2.21. The van der Waals surface area contributed by atoms with E-state index in [0.717, 1.165) is 42.7 Å². The van der Waals surface area contributed by atoms with E-state index in [0.29, 0.717) is 19.1 Å². The molecule has 2 heterocycles. The lowest BCUT2D eigenvalue weighted by Crippen LogP contribution is -2.42. The zero-order valence-electron chi connectivity index (χ0n) is 15.1. The van der Waals surface area contributed by atoms with Gasteiger partial charge in [0.25, 0.3) is 0 Å². The molecule has 5 nitrogen and oxygen atoms in total. The molecule has 5 heteroatoms. The van der Waals surface area contributed by atoms with Gasteiger partial charge >= 0.3 is 0 Å². The summed E-state index contributed by atoms with van der Waals surface area (Å²) >= 11 is 0. The summed E-state index contributed by atoms with van der Waals surface area (Å²) in [6.45, 7) is 3.63. The van der Waals surface area contributed by atoms with Gasteiger partial charge in [0.2, 0.25) is 5.91 Å². The minimum Gasteiger partial charge on any atom is -0.494 e. The number of hydrogen-bond donors (Lipinski definition) is 0. The molecular formula is C20H27N3O2. The lowest BCUT2D eigenvalue weighted by atomic mass is 10.0. The first-order valence-electron chi connectivity index (χ1n) is 9.15. The van der Waals surface area contributed by atoms with Crippen LogP contribution in [0.15, 0.2) is 36.7 Å². The number of ether oxygens (including phenoxy) is 1. The monoisotopic (exact) mass is 341 g/mol. The fourth-order valence-electron chi connectivity index (χ4n) is 3.34. The van der Waals surface area contributed by atoms with Crippen molar-refractivity contribution in [1.82, 2.24) is 14.7 Å². The molecule has 25 heavy (non-hydrogen) atoms. The van der Waals surface area contributed by atoms with E-state index in [-0.39, 0.29) is 5.91 Å². The molecule has 0 spiro atoms. The summed E-state index contributed by atoms with van der Waals surface area (Å²) in [4.78, 5) is 14.3. The molecule has 1 amide bonds. The largest absolute Gasteiger partial charge is 0.494 e. The second kappa shape index (κ2) is 8.19. The van der Waals surface area contributed by atoms with Crippen LogP contribution in [0, 0.1) is 0 Å². The maximum Gasteiger partial charge on any atom is 0.222 e. The van der Waals surface area contributed by atoms with Crippen LogP contribution in [0.5, 0.6) is 5.75 Å². The molecule has 0 unspecified atom stereocenters. The van der Waals surface area contributed by atoms with Crippen LogP contribution in [0.4, 0.5) is 0 Å². The van der Waals surface area contributed by atoms with E-state index >= 15 is 0 Å². The molecule has 0 N–H and O–H groups in total. The fourth-order valence-corrected chi connectivity index (χ4v) is 3.34. The Kier molecular flexibility index (Phi) is 5.74. The maximum atomic E-state index is 12.3. The third-order valence-electron chi connectivity index (χ3n) is 4.82. The highest BCUT2D eigenvalue weighted by atomic mass is 16.5. The van der Waals surface area contributed by atoms with Crippen molar-refractivity contribution in [3.05, 3.63) is 36.7 Å². The molecule has 1 aliphatic heterocycles. The lowest BCUT2D eigenvalue weighted by Gasteiger charge is -2.33. The Labute approximate surface area is 149 Å². The second-order valence-electron chi connectivity index (χ2n) is 6.81. The van der Waals surface area contributed by atoms with E-state index in [2.05, 4.69) is 12.0 Å². The van der Waals surface area contributed by atoms with Crippen LogP contribution in [-0.2, 0) is 11.8 Å². The van der Waals surface area contributed by atoms with Crippen LogP contribution in [-0.4, -0.2) is 39.8 Å². The number of rotatable bonds is 6. The van der Waals surface area contributed by atoms with Gasteiger partial charge in [-0.05, 0) is 50.3 Å². The molecule has 2 aromatic rings. The lowest BCUT2D eigenvalue weighted by molar-refractivity contribution is -0.134. The van der Waals surface area contributed by atoms with Gasteiger partial charge in [0.05, 0.1) is 12.8 Å². The SMILES string of the molecule is C[C@@H]1CCCCN1C(=O)CCCOc1ccc(-c2cnn(C)c2)cc1. The van der Waals surface area contributed by atoms with Crippen LogP contribution >= 0.6 is 0 Å². The van der Waals surface area contributed by atoms with Crippen LogP contribution in [0.2, 0.25) is 0 Å². The van der Waals surface area contributed by atoms with E-state index in [9.17, 15) is 4.79 Å². The van der Waals surface area contributed by atoms with Gasteiger partial charge in [-0.15, -0.1) is 0 Å². The molecule has 1 aliphatic rings. The predicted molar refractivity (Wildman–Crippen MR) is 98.4 cm³/mol. The van der Waals surface area contributed by atoms with E-state index < -0.39 is 0 Å². The number of piperidine rings is 1. The standard InChI is InChI=1S/C20H27N3O2/c1-16-6-3-4-12-23(16)20(24)7-5-13-25-19-10-8-17(9-11-19)18-14-21-22(2)15-18/h8-11,14-16H,3-7,12-13H2,1-2H3/t16-/m1/s1. The number of nitrogens with zero attached hydrogens (tertiary/aromatic N) is 3. The van der Waals surface area contributed by atoms with Gasteiger partial charge in [0.15, 0.2) is 0 Å². The van der Waals surface area contributed by atoms with Gasteiger partial charge in [-0.1, -0.05) is 12.1 Å². The third kappa shape index (κ3) is 4.62. The van der Waals surface area contributed by atoms with Crippen molar-refractivity contribution in [2.45, 2.75) is 45.1 Å². The highest BCUT2D eigenvalue weighted by Crippen LogP contribution is 2.22. The van der Waals surface area contributed by atoms with Crippen molar-refractivity contribution >= 4 is 5.91 Å². The topological polar surface area (TPSA) is 47.4 Å². The van der Waals surface area contributed by atoms with Crippen molar-refractivity contribution in [2.75, 3.05) is 13.2 Å². The van der Waals surface area contributed by atoms with E-state index in [1.807, 2.05) is 48.6 Å². The van der Waals surface area contributed by atoms with Crippen LogP contribution in [0.25, 0.3) is 11.1 Å². The zero-order chi connectivity index (χ0) is 17.6. The first kappa shape index (κ1) is 17.5. The average molecular weight is 341 g/mol. The summed E-state index contributed by atoms with van der Waals surface area (Å²) in [6.07, 6.45) is 8.67. The van der Waals surface area contributed by atoms with Crippen molar-refractivity contribution < 1.29 is 9.53 Å². The zero-order valence-corrected chi connectivity index (χ0v) is 15.1. The number of amides is 1. The van der Waals surface area contributed by atoms with Crippen molar-refractivity contribution in [1.29, 1.82) is 0 Å². The van der Waals surface area contributed by atoms with Gasteiger partial charge in [-0.2, -0.15) is 5.10 Å². The molecule has 1 aromatic heterocycles. The number of hydrogen-bond acceptors (Lipinski definition) is 3. The number of aromatic nitrogens is 2. The molecule has 1 atom stereocenters. The summed E-state index contributed by atoms with van der Waals surface area (Å²) in [5, 5.41) is 4.19. The number of benzene rings is 1. The molecule has 0 aliphatic carbocycles. The number of carbonyl (C=O) groups is 1. The minimum absolute atomic E-state index is 0.266. The number of likely N-dealkylation sites (tertiary alicyclic amines) is 1. The Morgan fingerprint density at radius 2 is 2.04 bits per heavy atom. The molecule has 3 rings (SSSR count). The molecule has 134 valence electrons. The van der Waals surface area contributed by atoms with Gasteiger partial charge < -0.3 is 9.64 Å². The van der Waals surface area contributed by atoms with Gasteiger partial charge in [0, 0.05) is 37.8 Å². The Balaban J connectivity index is 1.42. The van der Waals surface area contributed by atoms with Gasteiger partial charge in [-0.3, -0.25) is 9.48 Å². The van der Waals surface area contributed by atoms with Crippen LogP contribution in [0.3, 0.4) is 0 Å². The number of carbonyl (C=O) groups excluding carboxylic acids is 1. The highest BCUT2D eigenvalue weighted by Gasteiger charge is 2.22. The predicted octanol–water partition coefficient (Wildman–Crippen LogP) is 3.65. The Morgan fingerprint density at radius 1 is 1.24 bits per heavy atom. The summed E-state index contributed by atoms with van der Waals surface area (Å²) < 4.78 is 7.57. The van der Waals surface area contributed by atoms with Crippen LogP contribution in [0.1, 0.15) is 39.0 Å². The highest BCUT2D eigenvalue weighted by molar-refractivity contribution is 5.76. The Bertz CT molecular complexity index is 693. The molecule has 0 bridgehead atoms. The van der Waals surface area contributed by atoms with E-state index in [1.165, 1.54) is 6.42 Å². The second-order valence-corrected chi connectivity index (χ2v) is 6.81. The van der Waals surface area contributed by atoms with Crippen LogP contribution < -0.4 is 4.74 Å². The molecule has 1 fully saturated rings. The van der Waals surface area contributed by atoms with Crippen molar-refractivity contribution in [3.63, 3.8) is 0 Å². The molecule has 1 saturated heterocycles. The first-order chi connectivity index (χ1) is 12.1. The smallest absolute Gasteiger partial charge is 0.222 e. The molecular weight excluding hydrogens is 314 g/mol. The van der Waals surface area contributed by atoms with Crippen molar-refractivity contribution in [3.8, 4) is 16.9 Å². The first-order valence-corrected chi connectivity index (χ1v) is 9.15. The van der Waals surface area contributed by atoms with Gasteiger partial charge in [0.1, 0.15) is 5.75 Å². The van der Waals surface area contributed by atoms with Gasteiger partial charge in [-0.25, -0.2) is 0 Å². The quantitative estimate of drug-likeness (QED) is 0.754. The maximum absolute atomic E-state index is 12.3. The van der Waals surface area contributed by atoms with Crippen molar-refractivity contribution in [2.24, 2.45) is 7.05 Å². The summed E-state index contributed by atoms with van der Waals surface area (Å²) in [7, 11) is 1.91. The average Bonchev–Trinajstić information content (AvgIpc) is 3.06. The number of aryl methyl sites for hydroxylation is 1. The Hall–Kier alpha value is -2.30. The fraction of sp³-hybridized carbons (Fsp3) is 0.500. The van der Waals surface area contributed by atoms with E-state index in [4.69, 9.17) is 4.74 Å². The molecule has 0 radical (unpaired) electrons. The summed E-state index contributed by atoms with van der Waals surface area (Å²) in [6, 6.07) is 8.40. The molecule has 0 saturated carbocycles. The van der Waals surface area contributed by atoms with E-state index in [1.54, 1.807) is 4.68 Å².